The van der Waals surface area contributed by atoms with Crippen molar-refractivity contribution in [1.29, 1.82) is 10.5 Å². The summed E-state index contributed by atoms with van der Waals surface area (Å²) in [5, 5.41) is 21.5. The zero-order valence-corrected chi connectivity index (χ0v) is 19.3. The van der Waals surface area contributed by atoms with Crippen LogP contribution in [0.3, 0.4) is 0 Å². The normalized spacial score (nSPS) is 21.8. The van der Waals surface area contributed by atoms with Crippen LogP contribution in [0.4, 0.5) is 0 Å². The van der Waals surface area contributed by atoms with Crippen molar-refractivity contribution in [3.63, 3.8) is 0 Å². The zero-order valence-electron chi connectivity index (χ0n) is 19.3. The molecule has 2 saturated carbocycles. The maximum Gasteiger partial charge on any atom is 0.254 e. The summed E-state index contributed by atoms with van der Waals surface area (Å²) in [5.74, 6) is -0.543. The van der Waals surface area contributed by atoms with Gasteiger partial charge in [-0.15, -0.1) is 0 Å². The van der Waals surface area contributed by atoms with Crippen molar-refractivity contribution in [1.82, 2.24) is 15.3 Å². The molecule has 2 aliphatic rings. The van der Waals surface area contributed by atoms with E-state index in [1.165, 1.54) is 0 Å². The molecule has 0 saturated heterocycles. The second kappa shape index (κ2) is 9.12. The maximum absolute atomic E-state index is 13.0. The van der Waals surface area contributed by atoms with E-state index >= 15 is 0 Å². The van der Waals surface area contributed by atoms with Crippen LogP contribution >= 0.6 is 0 Å². The molecule has 1 aromatic carbocycles. The predicted octanol–water partition coefficient (Wildman–Crippen LogP) is 3.11. The number of hydrogen-bond acceptors (Lipinski definition) is 7. The molecule has 2 aliphatic carbocycles. The summed E-state index contributed by atoms with van der Waals surface area (Å²) < 4.78 is 5.90. The fourth-order valence-electron chi connectivity index (χ4n) is 5.13. The van der Waals surface area contributed by atoms with E-state index in [1.807, 2.05) is 6.07 Å². The van der Waals surface area contributed by atoms with Gasteiger partial charge in [-0.05, 0) is 79.1 Å². The van der Waals surface area contributed by atoms with Crippen LogP contribution in [0.25, 0.3) is 11.1 Å². The van der Waals surface area contributed by atoms with Gasteiger partial charge in [0.2, 0.25) is 5.88 Å². The van der Waals surface area contributed by atoms with Crippen LogP contribution in [0.15, 0.2) is 54.9 Å². The largest absolute Gasteiger partial charge is 0.474 e. The van der Waals surface area contributed by atoms with Gasteiger partial charge in [0, 0.05) is 29.6 Å². The average molecular weight is 479 g/mol. The summed E-state index contributed by atoms with van der Waals surface area (Å²) in [6, 6.07) is 15.7. The number of aromatic nitrogens is 2. The van der Waals surface area contributed by atoms with Crippen molar-refractivity contribution >= 4 is 11.8 Å². The van der Waals surface area contributed by atoms with Crippen LogP contribution in [-0.4, -0.2) is 33.9 Å². The quantitative estimate of drug-likeness (QED) is 0.551. The number of primary amides is 1. The lowest BCUT2D eigenvalue weighted by Gasteiger charge is -2.57. The van der Waals surface area contributed by atoms with E-state index in [-0.39, 0.29) is 34.9 Å². The average Bonchev–Trinajstić information content (AvgIpc) is 2.85. The molecule has 2 fully saturated rings. The molecule has 178 valence electrons. The van der Waals surface area contributed by atoms with Crippen molar-refractivity contribution in [2.24, 2.45) is 11.1 Å². The van der Waals surface area contributed by atoms with Crippen LogP contribution in [0.2, 0.25) is 0 Å². The first-order chi connectivity index (χ1) is 17.4. The molecule has 0 unspecified atom stereocenters. The number of nitrogens with one attached hydrogen (secondary N) is 1. The number of nitriles is 2. The molecule has 5 rings (SSSR count). The standard InChI is InChI=1S/C27H22N6O3/c28-13-16-6-18(17-3-4-20(14-29)32-15-17)8-19(7-16)25(35)33-21-9-27(10-21)11-22(12-27)36-26-23(24(30)34)2-1-5-31-26/h1-8,15,21-22H,9-12H2,(H2,30,34)(H,33,35). The fraction of sp³-hybridized carbons (Fsp3) is 0.259. The molecular weight excluding hydrogens is 456 g/mol. The highest BCUT2D eigenvalue weighted by molar-refractivity contribution is 5.96. The van der Waals surface area contributed by atoms with Gasteiger partial charge in [-0.1, -0.05) is 0 Å². The molecule has 2 amide bonds. The Hall–Kier alpha value is -4.76. The number of ether oxygens (including phenoxy) is 1. The van der Waals surface area contributed by atoms with Crippen molar-refractivity contribution in [2.75, 3.05) is 0 Å². The number of rotatable bonds is 6. The van der Waals surface area contributed by atoms with E-state index < -0.39 is 5.91 Å². The van der Waals surface area contributed by atoms with Gasteiger partial charge in [0.1, 0.15) is 23.4 Å². The molecule has 36 heavy (non-hydrogen) atoms. The summed E-state index contributed by atoms with van der Waals surface area (Å²) in [6.07, 6.45) is 6.42. The van der Waals surface area contributed by atoms with Crippen molar-refractivity contribution < 1.29 is 14.3 Å². The van der Waals surface area contributed by atoms with Crippen molar-refractivity contribution in [2.45, 2.75) is 37.8 Å². The highest BCUT2D eigenvalue weighted by atomic mass is 16.5. The number of amides is 2. The van der Waals surface area contributed by atoms with Gasteiger partial charge in [0.25, 0.3) is 11.8 Å². The van der Waals surface area contributed by atoms with Crippen LogP contribution in [0, 0.1) is 28.1 Å². The lowest BCUT2D eigenvalue weighted by molar-refractivity contribution is -0.0848. The minimum absolute atomic E-state index is 0.0365. The maximum atomic E-state index is 13.0. The Morgan fingerprint density at radius 1 is 1.03 bits per heavy atom. The smallest absolute Gasteiger partial charge is 0.254 e. The fourth-order valence-corrected chi connectivity index (χ4v) is 5.13. The zero-order chi connectivity index (χ0) is 25.3. The first-order valence-electron chi connectivity index (χ1n) is 11.5. The van der Waals surface area contributed by atoms with Gasteiger partial charge in [-0.2, -0.15) is 10.5 Å². The molecule has 9 nitrogen and oxygen atoms in total. The molecule has 0 atom stereocenters. The van der Waals surface area contributed by atoms with Crippen LogP contribution in [0.5, 0.6) is 5.88 Å². The van der Waals surface area contributed by atoms with Crippen LogP contribution < -0.4 is 15.8 Å². The van der Waals surface area contributed by atoms with Gasteiger partial charge in [-0.25, -0.2) is 9.97 Å². The first-order valence-corrected chi connectivity index (χ1v) is 11.5. The van der Waals surface area contributed by atoms with Gasteiger partial charge in [-0.3, -0.25) is 9.59 Å². The summed E-state index contributed by atoms with van der Waals surface area (Å²) in [6.45, 7) is 0. The lowest BCUT2D eigenvalue weighted by Crippen LogP contribution is -2.58. The third kappa shape index (κ3) is 4.47. The third-order valence-electron chi connectivity index (χ3n) is 6.87. The molecule has 1 spiro atoms. The van der Waals surface area contributed by atoms with Gasteiger partial charge in [0.05, 0.1) is 11.6 Å². The number of pyridine rings is 2. The minimum Gasteiger partial charge on any atom is -0.474 e. The predicted molar refractivity (Wildman–Crippen MR) is 128 cm³/mol. The molecular formula is C27H22N6O3. The summed E-state index contributed by atoms with van der Waals surface area (Å²) >= 11 is 0. The highest BCUT2D eigenvalue weighted by Gasteiger charge is 2.54. The Morgan fingerprint density at radius 2 is 1.83 bits per heavy atom. The Labute approximate surface area is 207 Å². The van der Waals surface area contributed by atoms with E-state index in [2.05, 4.69) is 21.4 Å². The van der Waals surface area contributed by atoms with Crippen LogP contribution in [-0.2, 0) is 0 Å². The molecule has 3 N–H and O–H groups in total. The number of nitrogens with two attached hydrogens (primary N) is 1. The third-order valence-corrected chi connectivity index (χ3v) is 6.87. The molecule has 0 aliphatic heterocycles. The number of nitrogens with zero attached hydrogens (tertiary/aromatic N) is 4. The molecule has 0 bridgehead atoms. The Kier molecular flexibility index (Phi) is 5.83. The van der Waals surface area contributed by atoms with E-state index in [0.717, 1.165) is 31.2 Å². The summed E-state index contributed by atoms with van der Waals surface area (Å²) in [5.41, 5.74) is 8.26. The monoisotopic (exact) mass is 478 g/mol. The summed E-state index contributed by atoms with van der Waals surface area (Å²) in [4.78, 5) is 32.7. The molecule has 2 heterocycles. The minimum atomic E-state index is -0.572. The SMILES string of the molecule is N#Cc1cc(C(=O)NC2CC3(C2)CC(Oc2ncccc2C(N)=O)C3)cc(-c2ccc(C#N)nc2)c1. The topological polar surface area (TPSA) is 155 Å². The van der Waals surface area contributed by atoms with E-state index in [1.54, 1.807) is 54.9 Å². The second-order valence-electron chi connectivity index (χ2n) is 9.40. The molecule has 9 heteroatoms. The van der Waals surface area contributed by atoms with E-state index in [9.17, 15) is 14.9 Å². The molecule has 3 aromatic rings. The highest BCUT2D eigenvalue weighted by Crippen LogP contribution is 2.56. The number of benzene rings is 1. The van der Waals surface area contributed by atoms with E-state index in [4.69, 9.17) is 15.7 Å². The first kappa shape index (κ1) is 23.0. The number of carbonyl (C=O) groups excluding carboxylic acids is 2. The van der Waals surface area contributed by atoms with Crippen LogP contribution in [0.1, 0.15) is 57.7 Å². The summed E-state index contributed by atoms with van der Waals surface area (Å²) in [7, 11) is 0. The number of carbonyl (C=O) groups is 2. The van der Waals surface area contributed by atoms with Gasteiger partial charge < -0.3 is 15.8 Å². The Morgan fingerprint density at radius 3 is 2.50 bits per heavy atom. The second-order valence-corrected chi connectivity index (χ2v) is 9.40. The van der Waals surface area contributed by atoms with Crippen molar-refractivity contribution in [3.05, 3.63) is 77.2 Å². The van der Waals surface area contributed by atoms with Crippen molar-refractivity contribution in [3.8, 4) is 29.1 Å². The molecule has 0 radical (unpaired) electrons. The van der Waals surface area contributed by atoms with Gasteiger partial charge >= 0.3 is 0 Å². The Bertz CT molecular complexity index is 1420. The number of hydrogen-bond donors (Lipinski definition) is 2. The van der Waals surface area contributed by atoms with Gasteiger partial charge in [0.15, 0.2) is 0 Å². The van der Waals surface area contributed by atoms with E-state index in [0.29, 0.717) is 22.4 Å². The Balaban J connectivity index is 1.19. The lowest BCUT2D eigenvalue weighted by atomic mass is 9.53. The molecule has 2 aromatic heterocycles.